The third kappa shape index (κ3) is 4.89. The van der Waals surface area contributed by atoms with E-state index in [4.69, 9.17) is 9.63 Å². The molecule has 0 unspecified atom stereocenters. The van der Waals surface area contributed by atoms with Gasteiger partial charge in [-0.2, -0.15) is 4.98 Å². The van der Waals surface area contributed by atoms with Crippen LogP contribution >= 0.6 is 0 Å². The minimum atomic E-state index is -0.776. The molecule has 26 heavy (non-hydrogen) atoms. The molecule has 7 nitrogen and oxygen atoms in total. The summed E-state index contributed by atoms with van der Waals surface area (Å²) in [7, 11) is 1.88. The summed E-state index contributed by atoms with van der Waals surface area (Å²) in [6, 6.07) is 8.54. The van der Waals surface area contributed by atoms with Gasteiger partial charge in [0.25, 0.3) is 0 Å². The Morgan fingerprint density at radius 2 is 2.08 bits per heavy atom. The van der Waals surface area contributed by atoms with E-state index in [0.717, 1.165) is 25.9 Å². The number of nitrogens with zero attached hydrogens (tertiary/aromatic N) is 4. The summed E-state index contributed by atoms with van der Waals surface area (Å²) in [5, 5.41) is 13.0. The number of likely N-dealkylation sites (tertiary alicyclic amines) is 1. The van der Waals surface area contributed by atoms with E-state index in [1.165, 1.54) is 11.1 Å². The summed E-state index contributed by atoms with van der Waals surface area (Å²) in [5.74, 6) is 0.582. The second-order valence-corrected chi connectivity index (χ2v) is 7.02. The van der Waals surface area contributed by atoms with Crippen LogP contribution in [0.3, 0.4) is 0 Å². The van der Waals surface area contributed by atoms with Crippen LogP contribution in [0.2, 0.25) is 0 Å². The Morgan fingerprint density at radius 3 is 2.77 bits per heavy atom. The summed E-state index contributed by atoms with van der Waals surface area (Å²) in [5.41, 5.74) is 2.44. The van der Waals surface area contributed by atoms with Crippen LogP contribution < -0.4 is 0 Å². The molecule has 0 atom stereocenters. The number of carbonyl (C=O) groups is 1. The van der Waals surface area contributed by atoms with Crippen LogP contribution in [0.4, 0.5) is 0 Å². The van der Waals surface area contributed by atoms with Crippen LogP contribution in [0.25, 0.3) is 0 Å². The number of rotatable bonds is 7. The maximum atomic E-state index is 10.8. The third-order valence-electron chi connectivity index (χ3n) is 5.04. The van der Waals surface area contributed by atoms with E-state index in [1.807, 2.05) is 24.1 Å². The normalized spacial score (nSPS) is 16.3. The molecule has 1 fully saturated rings. The molecule has 2 aromatic rings. The van der Waals surface area contributed by atoms with Gasteiger partial charge in [0.2, 0.25) is 5.89 Å². The Bertz CT molecular complexity index is 738. The van der Waals surface area contributed by atoms with E-state index in [-0.39, 0.29) is 6.54 Å². The minimum absolute atomic E-state index is 0.0938. The zero-order chi connectivity index (χ0) is 18.5. The van der Waals surface area contributed by atoms with Crippen molar-refractivity contribution in [2.45, 2.75) is 38.8 Å². The standard InChI is InChI=1S/C19H26N4O3/c1-14-5-3-4-6-15(14)11-17-20-18(26-21-17)12-23-9-7-16(8-10-23)22(2)13-19(24)25/h3-6,16H,7-13H2,1-2H3,(H,24,25). The number of likely N-dealkylation sites (N-methyl/N-ethyl adjacent to an activating group) is 1. The molecule has 140 valence electrons. The average molecular weight is 358 g/mol. The highest BCUT2D eigenvalue weighted by Gasteiger charge is 2.24. The van der Waals surface area contributed by atoms with Gasteiger partial charge in [0, 0.05) is 25.6 Å². The number of aliphatic carboxylic acids is 1. The van der Waals surface area contributed by atoms with Crippen LogP contribution in [0.5, 0.6) is 0 Å². The fourth-order valence-corrected chi connectivity index (χ4v) is 3.46. The predicted molar refractivity (Wildman–Crippen MR) is 96.8 cm³/mol. The second kappa shape index (κ2) is 8.42. The number of carboxylic acid groups (broad SMARTS) is 1. The smallest absolute Gasteiger partial charge is 0.317 e. The van der Waals surface area contributed by atoms with Gasteiger partial charge in [-0.05, 0) is 37.9 Å². The third-order valence-corrected chi connectivity index (χ3v) is 5.04. The highest BCUT2D eigenvalue weighted by atomic mass is 16.5. The highest BCUT2D eigenvalue weighted by molar-refractivity contribution is 5.69. The first-order valence-electron chi connectivity index (χ1n) is 9.01. The molecule has 0 spiro atoms. The van der Waals surface area contributed by atoms with Crippen LogP contribution in [-0.4, -0.2) is 63.7 Å². The molecular formula is C19H26N4O3. The molecule has 1 aromatic heterocycles. The van der Waals surface area contributed by atoms with Crippen LogP contribution in [-0.2, 0) is 17.8 Å². The summed E-state index contributed by atoms with van der Waals surface area (Å²) in [6.07, 6.45) is 2.58. The van der Waals surface area contributed by atoms with E-state index in [1.54, 1.807) is 0 Å². The number of benzene rings is 1. The lowest BCUT2D eigenvalue weighted by molar-refractivity contribution is -0.138. The van der Waals surface area contributed by atoms with E-state index in [9.17, 15) is 4.79 Å². The molecule has 1 N–H and O–H groups in total. The number of carboxylic acids is 1. The lowest BCUT2D eigenvalue weighted by atomic mass is 10.0. The Balaban J connectivity index is 1.49. The van der Waals surface area contributed by atoms with Crippen molar-refractivity contribution in [1.29, 1.82) is 0 Å². The Hall–Kier alpha value is -2.25. The molecule has 3 rings (SSSR count). The number of hydrogen-bond donors (Lipinski definition) is 1. The quantitative estimate of drug-likeness (QED) is 0.810. The first-order chi connectivity index (χ1) is 12.5. The van der Waals surface area contributed by atoms with Crippen molar-refractivity contribution in [3.63, 3.8) is 0 Å². The van der Waals surface area contributed by atoms with Crippen LogP contribution in [0, 0.1) is 6.92 Å². The molecule has 1 saturated heterocycles. The number of aryl methyl sites for hydroxylation is 1. The maximum absolute atomic E-state index is 10.8. The number of hydrogen-bond acceptors (Lipinski definition) is 6. The molecule has 0 bridgehead atoms. The van der Waals surface area contributed by atoms with Gasteiger partial charge in [0.15, 0.2) is 5.82 Å². The average Bonchev–Trinajstić information content (AvgIpc) is 3.04. The van der Waals surface area contributed by atoms with Crippen LogP contribution in [0.1, 0.15) is 35.7 Å². The van der Waals surface area contributed by atoms with Crippen molar-refractivity contribution in [3.05, 3.63) is 47.1 Å². The molecular weight excluding hydrogens is 332 g/mol. The maximum Gasteiger partial charge on any atom is 0.317 e. The molecule has 7 heteroatoms. The van der Waals surface area contributed by atoms with Gasteiger partial charge < -0.3 is 9.63 Å². The highest BCUT2D eigenvalue weighted by Crippen LogP contribution is 2.18. The minimum Gasteiger partial charge on any atom is -0.480 e. The van der Waals surface area contributed by atoms with E-state index < -0.39 is 5.97 Å². The molecule has 1 aliphatic heterocycles. The van der Waals surface area contributed by atoms with Crippen molar-refractivity contribution < 1.29 is 14.4 Å². The van der Waals surface area contributed by atoms with Crippen molar-refractivity contribution in [2.24, 2.45) is 0 Å². The molecule has 0 radical (unpaired) electrons. The second-order valence-electron chi connectivity index (χ2n) is 7.02. The fraction of sp³-hybridized carbons (Fsp3) is 0.526. The van der Waals surface area contributed by atoms with Crippen molar-refractivity contribution in [1.82, 2.24) is 19.9 Å². The monoisotopic (exact) mass is 358 g/mol. The van der Waals surface area contributed by atoms with Crippen molar-refractivity contribution in [3.8, 4) is 0 Å². The van der Waals surface area contributed by atoms with E-state index in [0.29, 0.717) is 30.7 Å². The van der Waals surface area contributed by atoms with Crippen molar-refractivity contribution >= 4 is 5.97 Å². The Morgan fingerprint density at radius 1 is 1.35 bits per heavy atom. The first-order valence-corrected chi connectivity index (χ1v) is 9.01. The summed E-state index contributed by atoms with van der Waals surface area (Å²) < 4.78 is 5.42. The van der Waals surface area contributed by atoms with Gasteiger partial charge in [0.05, 0.1) is 13.1 Å². The molecule has 1 aliphatic rings. The molecule has 1 aromatic carbocycles. The zero-order valence-electron chi connectivity index (χ0n) is 15.4. The van der Waals surface area contributed by atoms with Gasteiger partial charge in [0.1, 0.15) is 0 Å². The van der Waals surface area contributed by atoms with Gasteiger partial charge in [-0.25, -0.2) is 0 Å². The SMILES string of the molecule is Cc1ccccc1Cc1noc(CN2CCC(N(C)CC(=O)O)CC2)n1. The van der Waals surface area contributed by atoms with Gasteiger partial charge >= 0.3 is 5.97 Å². The summed E-state index contributed by atoms with van der Waals surface area (Å²) >= 11 is 0. The Labute approximate surface area is 153 Å². The summed E-state index contributed by atoms with van der Waals surface area (Å²) in [4.78, 5) is 19.6. The summed E-state index contributed by atoms with van der Waals surface area (Å²) in [6.45, 7) is 4.64. The van der Waals surface area contributed by atoms with E-state index >= 15 is 0 Å². The van der Waals surface area contributed by atoms with Gasteiger partial charge in [-0.15, -0.1) is 0 Å². The predicted octanol–water partition coefficient (Wildman–Crippen LogP) is 1.95. The van der Waals surface area contributed by atoms with E-state index in [2.05, 4.69) is 34.1 Å². The van der Waals surface area contributed by atoms with Gasteiger partial charge in [-0.1, -0.05) is 29.4 Å². The number of aromatic nitrogens is 2. The lowest BCUT2D eigenvalue weighted by Gasteiger charge is -2.35. The first kappa shape index (κ1) is 18.5. The van der Waals surface area contributed by atoms with Crippen LogP contribution in [0.15, 0.2) is 28.8 Å². The topological polar surface area (TPSA) is 82.7 Å². The largest absolute Gasteiger partial charge is 0.480 e. The molecule has 0 saturated carbocycles. The van der Waals surface area contributed by atoms with Crippen molar-refractivity contribution in [2.75, 3.05) is 26.7 Å². The molecule has 0 amide bonds. The molecule has 2 heterocycles. The zero-order valence-corrected chi connectivity index (χ0v) is 15.4. The lowest BCUT2D eigenvalue weighted by Crippen LogP contribution is -2.44. The Kier molecular flexibility index (Phi) is 6.00. The van der Waals surface area contributed by atoms with Gasteiger partial charge in [-0.3, -0.25) is 14.6 Å². The number of piperidine rings is 1. The fourth-order valence-electron chi connectivity index (χ4n) is 3.46. The molecule has 0 aliphatic carbocycles.